The van der Waals surface area contributed by atoms with E-state index in [0.29, 0.717) is 6.61 Å². The lowest BCUT2D eigenvalue weighted by molar-refractivity contribution is 0.279. The second kappa shape index (κ2) is 8.52. The standard InChI is InChI=1S/C20H27ClN2O/c1-20(2,17-9-11-18(21)12-10-17)22-13-14-24-19-8-6-5-7-16(19)15-23(3)4/h5-12,22H,13-15H2,1-4H3. The van der Waals surface area contributed by atoms with Crippen LogP contribution in [0.2, 0.25) is 5.02 Å². The molecule has 0 heterocycles. The molecule has 0 amide bonds. The third-order valence-corrected chi connectivity index (χ3v) is 4.20. The summed E-state index contributed by atoms with van der Waals surface area (Å²) in [6.07, 6.45) is 0. The molecule has 0 spiro atoms. The highest BCUT2D eigenvalue weighted by atomic mass is 35.5. The van der Waals surface area contributed by atoms with Crippen molar-refractivity contribution in [2.24, 2.45) is 0 Å². The highest BCUT2D eigenvalue weighted by molar-refractivity contribution is 6.30. The van der Waals surface area contributed by atoms with Crippen LogP contribution in [-0.2, 0) is 12.1 Å². The van der Waals surface area contributed by atoms with E-state index in [9.17, 15) is 0 Å². The summed E-state index contributed by atoms with van der Waals surface area (Å²) in [5, 5.41) is 4.31. The van der Waals surface area contributed by atoms with Crippen LogP contribution in [0.4, 0.5) is 0 Å². The maximum absolute atomic E-state index is 5.98. The first-order valence-corrected chi connectivity index (χ1v) is 8.63. The Hall–Kier alpha value is -1.55. The van der Waals surface area contributed by atoms with Crippen molar-refractivity contribution in [1.29, 1.82) is 0 Å². The number of nitrogens with one attached hydrogen (secondary N) is 1. The van der Waals surface area contributed by atoms with Crippen molar-refractivity contribution in [3.63, 3.8) is 0 Å². The Kier molecular flexibility index (Phi) is 6.67. The summed E-state index contributed by atoms with van der Waals surface area (Å²) in [7, 11) is 4.12. The van der Waals surface area contributed by atoms with Crippen LogP contribution in [0.5, 0.6) is 5.75 Å². The minimum absolute atomic E-state index is 0.128. The molecule has 2 rings (SSSR count). The van der Waals surface area contributed by atoms with Crippen LogP contribution in [0.3, 0.4) is 0 Å². The molecule has 0 saturated carbocycles. The topological polar surface area (TPSA) is 24.5 Å². The summed E-state index contributed by atoms with van der Waals surface area (Å²) >= 11 is 5.96. The molecule has 0 aliphatic rings. The Morgan fingerprint density at radius 3 is 2.38 bits per heavy atom. The van der Waals surface area contributed by atoms with E-state index in [-0.39, 0.29) is 5.54 Å². The van der Waals surface area contributed by atoms with Gasteiger partial charge in [-0.2, -0.15) is 0 Å². The molecule has 4 heteroatoms. The van der Waals surface area contributed by atoms with Gasteiger partial charge in [0.15, 0.2) is 0 Å². The smallest absolute Gasteiger partial charge is 0.123 e. The third-order valence-electron chi connectivity index (χ3n) is 3.95. The molecular weight excluding hydrogens is 320 g/mol. The first kappa shape index (κ1) is 18.8. The number of hydrogen-bond acceptors (Lipinski definition) is 3. The summed E-state index contributed by atoms with van der Waals surface area (Å²) in [5.74, 6) is 0.956. The molecule has 3 nitrogen and oxygen atoms in total. The predicted molar refractivity (Wildman–Crippen MR) is 102 cm³/mol. The monoisotopic (exact) mass is 346 g/mol. The molecule has 0 aliphatic carbocycles. The SMILES string of the molecule is CN(C)Cc1ccccc1OCCNC(C)(C)c1ccc(Cl)cc1. The Morgan fingerprint density at radius 2 is 1.71 bits per heavy atom. The van der Waals surface area contributed by atoms with Crippen molar-refractivity contribution in [2.75, 3.05) is 27.2 Å². The lowest BCUT2D eigenvalue weighted by Crippen LogP contribution is -2.39. The second-order valence-electron chi connectivity index (χ2n) is 6.75. The van der Waals surface area contributed by atoms with Gasteiger partial charge in [-0.15, -0.1) is 0 Å². The molecule has 0 saturated heterocycles. The van der Waals surface area contributed by atoms with Crippen LogP contribution < -0.4 is 10.1 Å². The van der Waals surface area contributed by atoms with Gasteiger partial charge >= 0.3 is 0 Å². The highest BCUT2D eigenvalue weighted by Gasteiger charge is 2.19. The Bertz CT molecular complexity index is 638. The molecule has 1 N–H and O–H groups in total. The minimum atomic E-state index is -0.128. The molecule has 0 radical (unpaired) electrons. The van der Waals surface area contributed by atoms with Crippen LogP contribution in [0.1, 0.15) is 25.0 Å². The Morgan fingerprint density at radius 1 is 1.04 bits per heavy atom. The third kappa shape index (κ3) is 5.52. The number of hydrogen-bond donors (Lipinski definition) is 1. The van der Waals surface area contributed by atoms with Gasteiger partial charge in [-0.25, -0.2) is 0 Å². The molecule has 0 fully saturated rings. The molecule has 2 aromatic carbocycles. The number of para-hydroxylation sites is 1. The fourth-order valence-corrected chi connectivity index (χ4v) is 2.74. The van der Waals surface area contributed by atoms with Crippen molar-refractivity contribution < 1.29 is 4.74 Å². The molecule has 24 heavy (non-hydrogen) atoms. The van der Waals surface area contributed by atoms with Gasteiger partial charge in [-0.1, -0.05) is 41.9 Å². The van der Waals surface area contributed by atoms with E-state index in [1.165, 1.54) is 11.1 Å². The quantitative estimate of drug-likeness (QED) is 0.721. The first-order valence-electron chi connectivity index (χ1n) is 8.25. The van der Waals surface area contributed by atoms with E-state index in [4.69, 9.17) is 16.3 Å². The van der Waals surface area contributed by atoms with Crippen LogP contribution in [0.25, 0.3) is 0 Å². The van der Waals surface area contributed by atoms with Gasteiger partial charge in [0.05, 0.1) is 0 Å². The Balaban J connectivity index is 1.87. The minimum Gasteiger partial charge on any atom is -0.492 e. The van der Waals surface area contributed by atoms with Crippen LogP contribution in [0.15, 0.2) is 48.5 Å². The van der Waals surface area contributed by atoms with Crippen molar-refractivity contribution >= 4 is 11.6 Å². The van der Waals surface area contributed by atoms with Crippen molar-refractivity contribution in [1.82, 2.24) is 10.2 Å². The van der Waals surface area contributed by atoms with Gasteiger partial charge in [0.25, 0.3) is 0 Å². The van der Waals surface area contributed by atoms with E-state index < -0.39 is 0 Å². The summed E-state index contributed by atoms with van der Waals surface area (Å²) in [6.45, 7) is 6.60. The van der Waals surface area contributed by atoms with Gasteiger partial charge in [0.2, 0.25) is 0 Å². The second-order valence-corrected chi connectivity index (χ2v) is 7.19. The molecular formula is C20H27ClN2O. The average molecular weight is 347 g/mol. The largest absolute Gasteiger partial charge is 0.492 e. The van der Waals surface area contributed by atoms with Crippen molar-refractivity contribution in [2.45, 2.75) is 25.9 Å². The number of nitrogens with zero attached hydrogens (tertiary/aromatic N) is 1. The number of benzene rings is 2. The van der Waals surface area contributed by atoms with E-state index >= 15 is 0 Å². The molecule has 0 atom stereocenters. The van der Waals surface area contributed by atoms with E-state index in [1.54, 1.807) is 0 Å². The van der Waals surface area contributed by atoms with Gasteiger partial charge in [0.1, 0.15) is 12.4 Å². The fourth-order valence-electron chi connectivity index (χ4n) is 2.61. The van der Waals surface area contributed by atoms with E-state index in [2.05, 4.69) is 56.4 Å². The van der Waals surface area contributed by atoms with E-state index in [1.807, 2.05) is 30.3 Å². The van der Waals surface area contributed by atoms with Crippen LogP contribution >= 0.6 is 11.6 Å². The van der Waals surface area contributed by atoms with Crippen molar-refractivity contribution in [3.8, 4) is 5.75 Å². The summed E-state index contributed by atoms with van der Waals surface area (Å²) in [5.41, 5.74) is 2.29. The summed E-state index contributed by atoms with van der Waals surface area (Å²) < 4.78 is 5.98. The molecule has 0 bridgehead atoms. The normalized spacial score (nSPS) is 11.8. The average Bonchev–Trinajstić information content (AvgIpc) is 2.53. The molecule has 0 unspecified atom stereocenters. The summed E-state index contributed by atoms with van der Waals surface area (Å²) in [4.78, 5) is 2.14. The predicted octanol–water partition coefficient (Wildman–Crippen LogP) is 4.31. The lowest BCUT2D eigenvalue weighted by atomic mass is 9.94. The first-order chi connectivity index (χ1) is 11.4. The van der Waals surface area contributed by atoms with Gasteiger partial charge in [-0.3, -0.25) is 0 Å². The Labute approximate surface area is 150 Å². The van der Waals surface area contributed by atoms with E-state index in [0.717, 1.165) is 23.9 Å². The van der Waals surface area contributed by atoms with Crippen LogP contribution in [0, 0.1) is 0 Å². The van der Waals surface area contributed by atoms with Crippen molar-refractivity contribution in [3.05, 3.63) is 64.7 Å². The van der Waals surface area contributed by atoms with Gasteiger partial charge in [0, 0.05) is 29.2 Å². The zero-order valence-electron chi connectivity index (χ0n) is 15.0. The molecule has 0 aliphatic heterocycles. The number of ether oxygens (including phenoxy) is 1. The highest BCUT2D eigenvalue weighted by Crippen LogP contribution is 2.22. The lowest BCUT2D eigenvalue weighted by Gasteiger charge is -2.27. The molecule has 2 aromatic rings. The molecule has 0 aromatic heterocycles. The van der Waals surface area contributed by atoms with Crippen LogP contribution in [-0.4, -0.2) is 32.1 Å². The zero-order chi connectivity index (χ0) is 17.6. The summed E-state index contributed by atoms with van der Waals surface area (Å²) in [6, 6.07) is 16.2. The number of halogens is 1. The maximum Gasteiger partial charge on any atom is 0.123 e. The van der Waals surface area contributed by atoms with Gasteiger partial charge < -0.3 is 15.0 Å². The fraction of sp³-hybridized carbons (Fsp3) is 0.400. The maximum atomic E-state index is 5.98. The zero-order valence-corrected chi connectivity index (χ0v) is 15.7. The molecule has 130 valence electrons. The van der Waals surface area contributed by atoms with Gasteiger partial charge in [-0.05, 0) is 51.7 Å². The number of rotatable bonds is 8.